The van der Waals surface area contributed by atoms with Crippen LogP contribution in [-0.2, 0) is 6.42 Å². The second-order valence-electron chi connectivity index (χ2n) is 7.67. The molecular weight excluding hydrogens is 344 g/mol. The quantitative estimate of drug-likeness (QED) is 0.581. The summed E-state index contributed by atoms with van der Waals surface area (Å²) >= 11 is 0. The number of fused-ring (bicyclic) bond motifs is 1. The highest BCUT2D eigenvalue weighted by Crippen LogP contribution is 2.28. The third-order valence-corrected chi connectivity index (χ3v) is 5.81. The summed E-state index contributed by atoms with van der Waals surface area (Å²) < 4.78 is 6.13. The molecule has 1 heterocycles. The molecule has 0 aromatic heterocycles. The smallest absolute Gasteiger partial charge is 0.127 e. The largest absolute Gasteiger partial charge is 0.492 e. The third kappa shape index (κ3) is 4.42. The van der Waals surface area contributed by atoms with Crippen molar-refractivity contribution in [1.82, 2.24) is 4.90 Å². The molecular formula is C25H28N2O. The van der Waals surface area contributed by atoms with Gasteiger partial charge in [0.2, 0.25) is 0 Å². The van der Waals surface area contributed by atoms with E-state index >= 15 is 0 Å². The molecule has 0 bridgehead atoms. The van der Waals surface area contributed by atoms with E-state index in [1.165, 1.54) is 31.0 Å². The molecule has 1 saturated heterocycles. The maximum atomic E-state index is 7.58. The highest BCUT2D eigenvalue weighted by Gasteiger charge is 2.19. The topological polar surface area (TPSA) is 36.3 Å². The molecule has 0 amide bonds. The average Bonchev–Trinajstić information content (AvgIpc) is 2.76. The van der Waals surface area contributed by atoms with Gasteiger partial charge in [0.05, 0.1) is 0 Å². The fraction of sp³-hybridized carbons (Fsp3) is 0.320. The highest BCUT2D eigenvalue weighted by molar-refractivity contribution is 6.01. The molecule has 3 aromatic rings. The first-order chi connectivity index (χ1) is 13.8. The standard InChI is InChI=1S/C25H28N2O/c26-19-22-10-11-25(24-9-5-4-8-23(22)24)28-17-16-27-14-12-21(13-15-27)18-20-6-2-1-3-7-20/h1-11,19,21,26H,12-18H2. The van der Waals surface area contributed by atoms with Crippen LogP contribution in [0.1, 0.15) is 24.0 Å². The molecule has 28 heavy (non-hydrogen) atoms. The number of rotatable bonds is 7. The van der Waals surface area contributed by atoms with Crippen molar-refractivity contribution in [3.05, 3.63) is 77.9 Å². The first kappa shape index (κ1) is 18.7. The molecule has 0 unspecified atom stereocenters. The maximum absolute atomic E-state index is 7.58. The van der Waals surface area contributed by atoms with Gasteiger partial charge in [0.1, 0.15) is 12.4 Å². The van der Waals surface area contributed by atoms with Gasteiger partial charge >= 0.3 is 0 Å². The van der Waals surface area contributed by atoms with Gasteiger partial charge < -0.3 is 10.1 Å². The van der Waals surface area contributed by atoms with Crippen LogP contribution in [0, 0.1) is 11.3 Å². The zero-order chi connectivity index (χ0) is 19.2. The Balaban J connectivity index is 1.27. The monoisotopic (exact) mass is 372 g/mol. The van der Waals surface area contributed by atoms with E-state index in [0.29, 0.717) is 6.61 Å². The van der Waals surface area contributed by atoms with Gasteiger partial charge in [0.15, 0.2) is 0 Å². The lowest BCUT2D eigenvalue weighted by atomic mass is 9.90. The second-order valence-corrected chi connectivity index (χ2v) is 7.67. The summed E-state index contributed by atoms with van der Waals surface area (Å²) in [5.74, 6) is 1.72. The van der Waals surface area contributed by atoms with Crippen LogP contribution >= 0.6 is 0 Å². The van der Waals surface area contributed by atoms with E-state index in [1.54, 1.807) is 0 Å². The minimum Gasteiger partial charge on any atom is -0.492 e. The number of piperidine rings is 1. The van der Waals surface area contributed by atoms with Gasteiger partial charge in [-0.25, -0.2) is 0 Å². The molecule has 0 saturated carbocycles. The van der Waals surface area contributed by atoms with E-state index in [4.69, 9.17) is 10.1 Å². The first-order valence-corrected chi connectivity index (χ1v) is 10.2. The van der Waals surface area contributed by atoms with Gasteiger partial charge in [-0.05, 0) is 61.4 Å². The molecule has 1 aliphatic heterocycles. The number of likely N-dealkylation sites (tertiary alicyclic amines) is 1. The summed E-state index contributed by atoms with van der Waals surface area (Å²) in [5.41, 5.74) is 2.40. The Morgan fingerprint density at radius 3 is 2.36 bits per heavy atom. The summed E-state index contributed by atoms with van der Waals surface area (Å²) in [6, 6.07) is 23.0. The number of benzene rings is 3. The highest BCUT2D eigenvalue weighted by atomic mass is 16.5. The summed E-state index contributed by atoms with van der Waals surface area (Å²) in [6.45, 7) is 4.00. The van der Waals surface area contributed by atoms with Gasteiger partial charge in [-0.2, -0.15) is 0 Å². The van der Waals surface area contributed by atoms with Gasteiger partial charge in [-0.1, -0.05) is 54.6 Å². The van der Waals surface area contributed by atoms with E-state index in [1.807, 2.05) is 24.3 Å². The Kier molecular flexibility index (Phi) is 6.03. The molecule has 1 fully saturated rings. The van der Waals surface area contributed by atoms with Crippen LogP contribution in [0.5, 0.6) is 5.75 Å². The van der Waals surface area contributed by atoms with Crippen LogP contribution in [0.3, 0.4) is 0 Å². The molecule has 3 heteroatoms. The maximum Gasteiger partial charge on any atom is 0.127 e. The Bertz CT molecular complexity index is 914. The summed E-state index contributed by atoms with van der Waals surface area (Å²) in [6.07, 6.45) is 5.15. The molecule has 0 radical (unpaired) electrons. The van der Waals surface area contributed by atoms with Crippen molar-refractivity contribution in [2.24, 2.45) is 5.92 Å². The minimum absolute atomic E-state index is 0.706. The number of nitrogens with one attached hydrogen (secondary N) is 1. The number of ether oxygens (including phenoxy) is 1. The van der Waals surface area contributed by atoms with Crippen LogP contribution in [0.15, 0.2) is 66.7 Å². The normalized spacial score (nSPS) is 15.6. The van der Waals surface area contributed by atoms with Crippen molar-refractivity contribution in [3.63, 3.8) is 0 Å². The lowest BCUT2D eigenvalue weighted by Gasteiger charge is -2.32. The Morgan fingerprint density at radius 1 is 0.893 bits per heavy atom. The summed E-state index contributed by atoms with van der Waals surface area (Å²) in [4.78, 5) is 2.52. The third-order valence-electron chi connectivity index (χ3n) is 5.81. The van der Waals surface area contributed by atoms with E-state index in [9.17, 15) is 0 Å². The van der Waals surface area contributed by atoms with Crippen molar-refractivity contribution in [3.8, 4) is 5.75 Å². The lowest BCUT2D eigenvalue weighted by Crippen LogP contribution is -2.37. The zero-order valence-electron chi connectivity index (χ0n) is 16.3. The van der Waals surface area contributed by atoms with E-state index < -0.39 is 0 Å². The van der Waals surface area contributed by atoms with Crippen molar-refractivity contribution in [2.75, 3.05) is 26.2 Å². The predicted octanol–water partition coefficient (Wildman–Crippen LogP) is 5.17. The predicted molar refractivity (Wildman–Crippen MR) is 117 cm³/mol. The van der Waals surface area contributed by atoms with Crippen molar-refractivity contribution in [1.29, 1.82) is 5.41 Å². The Hall–Kier alpha value is -2.65. The molecule has 0 atom stereocenters. The molecule has 1 N–H and O–H groups in total. The van der Waals surface area contributed by atoms with Gasteiger partial charge in [-0.3, -0.25) is 4.90 Å². The molecule has 3 nitrogen and oxygen atoms in total. The zero-order valence-corrected chi connectivity index (χ0v) is 16.3. The van der Waals surface area contributed by atoms with E-state index in [2.05, 4.69) is 47.4 Å². The van der Waals surface area contributed by atoms with Crippen molar-refractivity contribution in [2.45, 2.75) is 19.3 Å². The van der Waals surface area contributed by atoms with Crippen molar-refractivity contribution < 1.29 is 4.74 Å². The Morgan fingerprint density at radius 2 is 1.61 bits per heavy atom. The number of hydrogen-bond acceptors (Lipinski definition) is 3. The lowest BCUT2D eigenvalue weighted by molar-refractivity contribution is 0.155. The van der Waals surface area contributed by atoms with E-state index in [0.717, 1.165) is 47.6 Å². The molecule has 0 aliphatic carbocycles. The summed E-state index contributed by atoms with van der Waals surface area (Å²) in [5, 5.41) is 9.75. The molecule has 3 aromatic carbocycles. The van der Waals surface area contributed by atoms with Gasteiger partial charge in [-0.15, -0.1) is 0 Å². The number of hydrogen-bond donors (Lipinski definition) is 1. The molecule has 144 valence electrons. The van der Waals surface area contributed by atoms with Crippen LogP contribution < -0.4 is 4.74 Å². The van der Waals surface area contributed by atoms with Gasteiger partial charge in [0, 0.05) is 23.7 Å². The molecule has 1 aliphatic rings. The van der Waals surface area contributed by atoms with Crippen LogP contribution in [-0.4, -0.2) is 37.4 Å². The molecule has 4 rings (SSSR count). The fourth-order valence-corrected chi connectivity index (χ4v) is 4.19. The minimum atomic E-state index is 0.706. The summed E-state index contributed by atoms with van der Waals surface area (Å²) in [7, 11) is 0. The second kappa shape index (κ2) is 9.03. The van der Waals surface area contributed by atoms with Crippen LogP contribution in [0.25, 0.3) is 10.8 Å². The van der Waals surface area contributed by atoms with Crippen LogP contribution in [0.4, 0.5) is 0 Å². The SMILES string of the molecule is N=Cc1ccc(OCCN2CCC(Cc3ccccc3)CC2)c2ccccc12. The average molecular weight is 373 g/mol. The first-order valence-electron chi connectivity index (χ1n) is 10.2. The number of nitrogens with zero attached hydrogens (tertiary/aromatic N) is 1. The molecule has 0 spiro atoms. The van der Waals surface area contributed by atoms with Crippen LogP contribution in [0.2, 0.25) is 0 Å². The van der Waals surface area contributed by atoms with E-state index in [-0.39, 0.29) is 0 Å². The Labute approximate surface area is 167 Å². The fourth-order valence-electron chi connectivity index (χ4n) is 4.19. The van der Waals surface area contributed by atoms with Gasteiger partial charge in [0.25, 0.3) is 0 Å². The van der Waals surface area contributed by atoms with Crippen molar-refractivity contribution >= 4 is 17.0 Å².